The first-order valence-corrected chi connectivity index (χ1v) is 10.0. The number of carbonyl (C=O) groups excluding carboxylic acids is 2. The molecule has 6 nitrogen and oxygen atoms in total. The van der Waals surface area contributed by atoms with Crippen LogP contribution < -0.4 is 0 Å². The van der Waals surface area contributed by atoms with E-state index in [1.807, 2.05) is 42.5 Å². The van der Waals surface area contributed by atoms with Gasteiger partial charge in [0.1, 0.15) is 11.3 Å². The first-order valence-electron chi connectivity index (χ1n) is 10.0. The fourth-order valence-corrected chi connectivity index (χ4v) is 3.37. The van der Waals surface area contributed by atoms with Crippen LogP contribution in [0.4, 0.5) is 0 Å². The zero-order valence-electron chi connectivity index (χ0n) is 17.6. The van der Waals surface area contributed by atoms with Gasteiger partial charge < -0.3 is 9.47 Å². The van der Waals surface area contributed by atoms with Gasteiger partial charge in [-0.25, -0.2) is 14.3 Å². The molecule has 3 aromatic rings. The lowest BCUT2D eigenvalue weighted by atomic mass is 10.0. The predicted molar refractivity (Wildman–Crippen MR) is 115 cm³/mol. The Morgan fingerprint density at radius 2 is 1.57 bits per heavy atom. The molecule has 0 aliphatic rings. The Balaban J connectivity index is 2.13. The van der Waals surface area contributed by atoms with Crippen molar-refractivity contribution in [3.05, 3.63) is 71.4 Å². The molecule has 1 heterocycles. The quantitative estimate of drug-likeness (QED) is 0.395. The maximum atomic E-state index is 12.7. The monoisotopic (exact) mass is 406 g/mol. The largest absolute Gasteiger partial charge is 0.465 e. The summed E-state index contributed by atoms with van der Waals surface area (Å²) < 4.78 is 11.4. The molecule has 0 radical (unpaired) electrons. The van der Waals surface area contributed by atoms with Crippen molar-refractivity contribution in [3.8, 4) is 16.9 Å². The highest BCUT2D eigenvalue weighted by Gasteiger charge is 2.31. The van der Waals surface area contributed by atoms with Crippen molar-refractivity contribution in [2.75, 3.05) is 14.2 Å². The van der Waals surface area contributed by atoms with Gasteiger partial charge in [-0.1, -0.05) is 62.2 Å². The summed E-state index contributed by atoms with van der Waals surface area (Å²) in [7, 11) is 2.56. The summed E-state index contributed by atoms with van der Waals surface area (Å²) >= 11 is 0. The molecule has 0 unspecified atom stereocenters. The van der Waals surface area contributed by atoms with Gasteiger partial charge in [0.15, 0.2) is 5.69 Å². The van der Waals surface area contributed by atoms with Gasteiger partial charge >= 0.3 is 11.9 Å². The van der Waals surface area contributed by atoms with E-state index in [0.717, 1.165) is 18.4 Å². The van der Waals surface area contributed by atoms with Gasteiger partial charge in [-0.15, -0.1) is 0 Å². The molecular formula is C24H26N2O4. The Labute approximate surface area is 176 Å². The van der Waals surface area contributed by atoms with Crippen LogP contribution in [0.25, 0.3) is 16.9 Å². The zero-order chi connectivity index (χ0) is 21.5. The number of benzene rings is 2. The number of rotatable bonds is 8. The number of ether oxygens (including phenoxy) is 2. The lowest BCUT2D eigenvalue weighted by Gasteiger charge is -2.07. The van der Waals surface area contributed by atoms with Crippen LogP contribution in [0.2, 0.25) is 0 Å². The van der Waals surface area contributed by atoms with E-state index in [2.05, 4.69) is 12.0 Å². The lowest BCUT2D eigenvalue weighted by Crippen LogP contribution is -2.15. The number of hydrogen-bond donors (Lipinski definition) is 0. The van der Waals surface area contributed by atoms with Gasteiger partial charge in [0.05, 0.1) is 19.9 Å². The van der Waals surface area contributed by atoms with Crippen LogP contribution in [0, 0.1) is 0 Å². The van der Waals surface area contributed by atoms with E-state index >= 15 is 0 Å². The average molecular weight is 406 g/mol. The van der Waals surface area contributed by atoms with E-state index in [0.29, 0.717) is 11.4 Å². The van der Waals surface area contributed by atoms with E-state index < -0.39 is 11.9 Å². The normalized spacial score (nSPS) is 10.6. The smallest absolute Gasteiger partial charge is 0.357 e. The first kappa shape index (κ1) is 21.3. The number of esters is 2. The minimum Gasteiger partial charge on any atom is -0.465 e. The van der Waals surface area contributed by atoms with Crippen molar-refractivity contribution in [3.63, 3.8) is 0 Å². The summed E-state index contributed by atoms with van der Waals surface area (Å²) in [5, 5.41) is 4.61. The number of para-hydroxylation sites is 1. The van der Waals surface area contributed by atoms with Crippen molar-refractivity contribution < 1.29 is 19.1 Å². The second-order valence-electron chi connectivity index (χ2n) is 6.96. The maximum Gasteiger partial charge on any atom is 0.357 e. The van der Waals surface area contributed by atoms with Gasteiger partial charge in [0.25, 0.3) is 0 Å². The Morgan fingerprint density at radius 1 is 0.900 bits per heavy atom. The summed E-state index contributed by atoms with van der Waals surface area (Å²) in [6, 6.07) is 17.1. The molecule has 0 amide bonds. The number of aryl methyl sites for hydroxylation is 1. The summed E-state index contributed by atoms with van der Waals surface area (Å²) in [4.78, 5) is 25.3. The van der Waals surface area contributed by atoms with E-state index in [-0.39, 0.29) is 11.3 Å². The molecule has 0 saturated carbocycles. The third-order valence-corrected chi connectivity index (χ3v) is 4.95. The SMILES string of the molecule is CCCCCc1ccc(-c2nn(-c3ccccc3)c(C(=O)OC)c2C(=O)OC)cc1. The third kappa shape index (κ3) is 4.43. The number of aromatic nitrogens is 2. The van der Waals surface area contributed by atoms with Gasteiger partial charge in [-0.2, -0.15) is 5.10 Å². The summed E-state index contributed by atoms with van der Waals surface area (Å²) in [5.41, 5.74) is 3.11. The topological polar surface area (TPSA) is 70.4 Å². The van der Waals surface area contributed by atoms with Crippen LogP contribution in [-0.4, -0.2) is 35.9 Å². The highest BCUT2D eigenvalue weighted by Crippen LogP contribution is 2.29. The van der Waals surface area contributed by atoms with Crippen LogP contribution in [-0.2, 0) is 15.9 Å². The molecule has 156 valence electrons. The molecule has 30 heavy (non-hydrogen) atoms. The molecule has 2 aromatic carbocycles. The second-order valence-corrected chi connectivity index (χ2v) is 6.96. The van der Waals surface area contributed by atoms with E-state index in [1.165, 1.54) is 37.3 Å². The summed E-state index contributed by atoms with van der Waals surface area (Å²) in [6.45, 7) is 2.18. The molecule has 3 rings (SSSR count). The second kappa shape index (κ2) is 9.87. The first-order chi connectivity index (χ1) is 14.6. The zero-order valence-corrected chi connectivity index (χ0v) is 17.6. The number of unbranched alkanes of at least 4 members (excludes halogenated alkanes) is 2. The minimum atomic E-state index is -0.658. The van der Waals surface area contributed by atoms with Gasteiger partial charge in [-0.3, -0.25) is 0 Å². The van der Waals surface area contributed by atoms with E-state index in [9.17, 15) is 9.59 Å². The van der Waals surface area contributed by atoms with Crippen molar-refractivity contribution in [1.82, 2.24) is 9.78 Å². The molecule has 1 aromatic heterocycles. The van der Waals surface area contributed by atoms with Crippen molar-refractivity contribution in [2.45, 2.75) is 32.6 Å². The van der Waals surface area contributed by atoms with Crippen LogP contribution >= 0.6 is 0 Å². The van der Waals surface area contributed by atoms with Crippen molar-refractivity contribution in [1.29, 1.82) is 0 Å². The Hall–Kier alpha value is -3.41. The van der Waals surface area contributed by atoms with Gasteiger partial charge in [0, 0.05) is 5.56 Å². The lowest BCUT2D eigenvalue weighted by molar-refractivity contribution is 0.0549. The Kier molecular flexibility index (Phi) is 7.01. The predicted octanol–water partition coefficient (Wildman–Crippen LogP) is 4.85. The van der Waals surface area contributed by atoms with E-state index in [1.54, 1.807) is 12.1 Å². The minimum absolute atomic E-state index is 0.0394. The van der Waals surface area contributed by atoms with Crippen molar-refractivity contribution in [2.24, 2.45) is 0 Å². The molecular weight excluding hydrogens is 380 g/mol. The highest BCUT2D eigenvalue weighted by atomic mass is 16.5. The van der Waals surface area contributed by atoms with E-state index in [4.69, 9.17) is 9.47 Å². The third-order valence-electron chi connectivity index (χ3n) is 4.95. The number of hydrogen-bond acceptors (Lipinski definition) is 5. The standard InChI is InChI=1S/C24H26N2O4/c1-4-5-7-10-17-13-15-18(16-14-17)21-20(23(27)29-2)22(24(28)30-3)26(25-21)19-11-8-6-9-12-19/h6,8-9,11-16H,4-5,7,10H2,1-3H3. The fraction of sp³-hybridized carbons (Fsp3) is 0.292. The average Bonchev–Trinajstić information content (AvgIpc) is 3.20. The summed E-state index contributed by atoms with van der Waals surface area (Å²) in [5.74, 6) is -1.30. The van der Waals surface area contributed by atoms with Crippen molar-refractivity contribution >= 4 is 11.9 Å². The molecule has 0 bridgehead atoms. The molecule has 0 N–H and O–H groups in total. The van der Waals surface area contributed by atoms with Crippen LogP contribution in [0.3, 0.4) is 0 Å². The van der Waals surface area contributed by atoms with Crippen LogP contribution in [0.5, 0.6) is 0 Å². The Bertz CT molecular complexity index is 1010. The van der Waals surface area contributed by atoms with Crippen LogP contribution in [0.1, 0.15) is 52.6 Å². The molecule has 0 aliphatic carbocycles. The maximum absolute atomic E-state index is 12.7. The highest BCUT2D eigenvalue weighted by molar-refractivity contribution is 6.06. The van der Waals surface area contributed by atoms with Gasteiger partial charge in [-0.05, 0) is 30.5 Å². The molecule has 0 saturated heterocycles. The van der Waals surface area contributed by atoms with Crippen LogP contribution in [0.15, 0.2) is 54.6 Å². The number of nitrogens with zero attached hydrogens (tertiary/aromatic N) is 2. The number of methoxy groups -OCH3 is 2. The molecule has 0 spiro atoms. The molecule has 6 heteroatoms. The molecule has 0 aliphatic heterocycles. The van der Waals surface area contributed by atoms with Gasteiger partial charge in [0.2, 0.25) is 0 Å². The number of carbonyl (C=O) groups is 2. The molecule has 0 atom stereocenters. The fourth-order valence-electron chi connectivity index (χ4n) is 3.37. The summed E-state index contributed by atoms with van der Waals surface area (Å²) in [6.07, 6.45) is 4.51. The Morgan fingerprint density at radius 3 is 2.17 bits per heavy atom. The molecule has 0 fully saturated rings.